The zero-order valence-corrected chi connectivity index (χ0v) is 11.1. The molecular weight excluding hydrogens is 208 g/mol. The van der Waals surface area contributed by atoms with Crippen molar-refractivity contribution in [1.29, 1.82) is 0 Å². The third kappa shape index (κ3) is 5.42. The molecule has 0 rings (SSSR count). The van der Waals surface area contributed by atoms with Crippen LogP contribution < -0.4 is 11.1 Å². The Morgan fingerprint density at radius 2 is 2.00 bits per heavy atom. The standard InChI is InChI=1S/C11H24N2OS/c1-5-11(3,6-2)13-10(14)9(12)7-8-15-4/h9H,5-8,12H2,1-4H3,(H,13,14)/t9-/m0/s1. The molecule has 1 amide bonds. The number of nitrogens with one attached hydrogen (secondary N) is 1. The second kappa shape index (κ2) is 7.12. The van der Waals surface area contributed by atoms with Crippen molar-refractivity contribution in [2.24, 2.45) is 5.73 Å². The van der Waals surface area contributed by atoms with Crippen molar-refractivity contribution in [3.8, 4) is 0 Å². The van der Waals surface area contributed by atoms with Gasteiger partial charge in [0.15, 0.2) is 0 Å². The Morgan fingerprint density at radius 3 is 2.40 bits per heavy atom. The Bertz CT molecular complexity index is 193. The number of rotatable bonds is 7. The number of carbonyl (C=O) groups excluding carboxylic acids is 1. The van der Waals surface area contributed by atoms with Crippen LogP contribution in [-0.4, -0.2) is 29.5 Å². The highest BCUT2D eigenvalue weighted by atomic mass is 32.2. The van der Waals surface area contributed by atoms with E-state index in [-0.39, 0.29) is 17.5 Å². The average Bonchev–Trinajstić information content (AvgIpc) is 2.25. The number of hydrogen-bond acceptors (Lipinski definition) is 3. The molecule has 0 unspecified atom stereocenters. The van der Waals surface area contributed by atoms with Gasteiger partial charge in [0, 0.05) is 5.54 Å². The van der Waals surface area contributed by atoms with Gasteiger partial charge in [0.25, 0.3) is 0 Å². The van der Waals surface area contributed by atoms with Gasteiger partial charge in [0.05, 0.1) is 6.04 Å². The Balaban J connectivity index is 4.10. The third-order valence-electron chi connectivity index (χ3n) is 2.96. The van der Waals surface area contributed by atoms with Crippen molar-refractivity contribution < 1.29 is 4.79 Å². The molecule has 0 saturated heterocycles. The van der Waals surface area contributed by atoms with Gasteiger partial charge in [-0.2, -0.15) is 11.8 Å². The summed E-state index contributed by atoms with van der Waals surface area (Å²) in [7, 11) is 0. The van der Waals surface area contributed by atoms with E-state index in [2.05, 4.69) is 26.1 Å². The number of carbonyl (C=O) groups is 1. The number of thioether (sulfide) groups is 1. The van der Waals surface area contributed by atoms with Crippen molar-refractivity contribution >= 4 is 17.7 Å². The molecule has 0 bridgehead atoms. The van der Waals surface area contributed by atoms with Crippen molar-refractivity contribution in [3.05, 3.63) is 0 Å². The molecule has 0 aromatic rings. The Kier molecular flexibility index (Phi) is 7.02. The minimum Gasteiger partial charge on any atom is -0.350 e. The summed E-state index contributed by atoms with van der Waals surface area (Å²) in [4.78, 5) is 11.7. The fourth-order valence-corrected chi connectivity index (χ4v) is 1.68. The minimum atomic E-state index is -0.366. The zero-order chi connectivity index (χ0) is 11.9. The molecule has 4 heteroatoms. The SMILES string of the molecule is CCC(C)(CC)NC(=O)[C@@H](N)CCSC. The maximum atomic E-state index is 11.7. The molecule has 90 valence electrons. The molecule has 0 radical (unpaired) electrons. The maximum absolute atomic E-state index is 11.7. The fraction of sp³-hybridized carbons (Fsp3) is 0.909. The van der Waals surface area contributed by atoms with E-state index in [1.807, 2.05) is 6.26 Å². The smallest absolute Gasteiger partial charge is 0.237 e. The van der Waals surface area contributed by atoms with Gasteiger partial charge in [0.2, 0.25) is 5.91 Å². The molecule has 3 N–H and O–H groups in total. The summed E-state index contributed by atoms with van der Waals surface area (Å²) in [6.07, 6.45) is 4.64. The van der Waals surface area contributed by atoms with Crippen LogP contribution in [0, 0.1) is 0 Å². The van der Waals surface area contributed by atoms with Crippen molar-refractivity contribution in [2.75, 3.05) is 12.0 Å². The monoisotopic (exact) mass is 232 g/mol. The predicted molar refractivity (Wildman–Crippen MR) is 68.1 cm³/mol. The number of hydrogen-bond donors (Lipinski definition) is 2. The van der Waals surface area contributed by atoms with E-state index in [0.29, 0.717) is 0 Å². The Labute approximate surface area is 97.6 Å². The van der Waals surface area contributed by atoms with Gasteiger partial charge in [-0.15, -0.1) is 0 Å². The first-order valence-electron chi connectivity index (χ1n) is 5.55. The maximum Gasteiger partial charge on any atom is 0.237 e. The summed E-state index contributed by atoms with van der Waals surface area (Å²) < 4.78 is 0. The van der Waals surface area contributed by atoms with Crippen LogP contribution in [0.5, 0.6) is 0 Å². The summed E-state index contributed by atoms with van der Waals surface area (Å²) >= 11 is 1.72. The molecule has 0 fully saturated rings. The van der Waals surface area contributed by atoms with Crippen LogP contribution in [0.1, 0.15) is 40.0 Å². The third-order valence-corrected chi connectivity index (χ3v) is 3.60. The predicted octanol–water partition coefficient (Wildman–Crippen LogP) is 1.76. The quantitative estimate of drug-likeness (QED) is 0.703. The van der Waals surface area contributed by atoms with E-state index >= 15 is 0 Å². The number of amides is 1. The molecule has 3 nitrogen and oxygen atoms in total. The minimum absolute atomic E-state index is 0.0183. The molecule has 0 aliphatic carbocycles. The first-order valence-corrected chi connectivity index (χ1v) is 6.95. The first kappa shape index (κ1) is 14.8. The Morgan fingerprint density at radius 1 is 1.47 bits per heavy atom. The summed E-state index contributed by atoms with van der Waals surface area (Å²) in [6, 6.07) is -0.366. The molecule has 1 atom stereocenters. The van der Waals surface area contributed by atoms with Crippen LogP contribution in [0.3, 0.4) is 0 Å². The van der Waals surface area contributed by atoms with Crippen LogP contribution in [0.15, 0.2) is 0 Å². The van der Waals surface area contributed by atoms with Gasteiger partial charge in [-0.3, -0.25) is 4.79 Å². The van der Waals surface area contributed by atoms with E-state index < -0.39 is 0 Å². The van der Waals surface area contributed by atoms with Gasteiger partial charge >= 0.3 is 0 Å². The molecule has 0 aromatic carbocycles. The topological polar surface area (TPSA) is 55.1 Å². The van der Waals surface area contributed by atoms with E-state index in [4.69, 9.17) is 5.73 Å². The second-order valence-corrected chi connectivity index (χ2v) is 5.13. The average molecular weight is 232 g/mol. The van der Waals surface area contributed by atoms with Crippen LogP contribution in [-0.2, 0) is 4.79 Å². The van der Waals surface area contributed by atoms with Crippen molar-refractivity contribution in [2.45, 2.75) is 51.6 Å². The lowest BCUT2D eigenvalue weighted by molar-refractivity contribution is -0.124. The van der Waals surface area contributed by atoms with E-state index in [1.165, 1.54) is 0 Å². The molecule has 0 aromatic heterocycles. The molecule has 0 spiro atoms. The summed E-state index contributed by atoms with van der Waals surface area (Å²) in [5, 5.41) is 3.03. The van der Waals surface area contributed by atoms with Crippen LogP contribution in [0.4, 0.5) is 0 Å². The van der Waals surface area contributed by atoms with Crippen molar-refractivity contribution in [3.63, 3.8) is 0 Å². The molecule has 0 heterocycles. The summed E-state index contributed by atoms with van der Waals surface area (Å²) in [5.74, 6) is 0.916. The molecule has 0 aliphatic rings. The van der Waals surface area contributed by atoms with Crippen LogP contribution in [0.25, 0.3) is 0 Å². The first-order chi connectivity index (χ1) is 6.99. The largest absolute Gasteiger partial charge is 0.350 e. The van der Waals surface area contributed by atoms with Gasteiger partial charge in [-0.25, -0.2) is 0 Å². The van der Waals surface area contributed by atoms with Gasteiger partial charge in [0.1, 0.15) is 0 Å². The highest BCUT2D eigenvalue weighted by Crippen LogP contribution is 2.13. The summed E-state index contributed by atoms with van der Waals surface area (Å²) in [6.45, 7) is 6.22. The van der Waals surface area contributed by atoms with E-state index in [9.17, 15) is 4.79 Å². The Hall–Kier alpha value is -0.220. The van der Waals surface area contributed by atoms with Crippen molar-refractivity contribution in [1.82, 2.24) is 5.32 Å². The normalized spacial score (nSPS) is 13.7. The molecular formula is C11H24N2OS. The molecule has 0 aliphatic heterocycles. The summed E-state index contributed by atoms with van der Waals surface area (Å²) in [5.41, 5.74) is 5.69. The van der Waals surface area contributed by atoms with Gasteiger partial charge < -0.3 is 11.1 Å². The lowest BCUT2D eigenvalue weighted by atomic mass is 9.95. The van der Waals surface area contributed by atoms with Gasteiger partial charge in [-0.1, -0.05) is 13.8 Å². The number of nitrogens with two attached hydrogens (primary N) is 1. The molecule has 0 saturated carbocycles. The van der Waals surface area contributed by atoms with E-state index in [0.717, 1.165) is 25.0 Å². The lowest BCUT2D eigenvalue weighted by Gasteiger charge is -2.29. The zero-order valence-electron chi connectivity index (χ0n) is 10.3. The lowest BCUT2D eigenvalue weighted by Crippen LogP contribution is -2.51. The highest BCUT2D eigenvalue weighted by Gasteiger charge is 2.24. The molecule has 15 heavy (non-hydrogen) atoms. The fourth-order valence-electron chi connectivity index (χ4n) is 1.19. The van der Waals surface area contributed by atoms with Crippen LogP contribution >= 0.6 is 11.8 Å². The van der Waals surface area contributed by atoms with Gasteiger partial charge in [-0.05, 0) is 38.2 Å². The van der Waals surface area contributed by atoms with E-state index in [1.54, 1.807) is 11.8 Å². The van der Waals surface area contributed by atoms with Crippen LogP contribution in [0.2, 0.25) is 0 Å². The second-order valence-electron chi connectivity index (χ2n) is 4.14. The highest BCUT2D eigenvalue weighted by molar-refractivity contribution is 7.98.